The molecule has 0 aliphatic heterocycles. The normalized spacial score (nSPS) is 17.7. The lowest BCUT2D eigenvalue weighted by atomic mass is 9.99. The molecule has 1 aromatic rings. The van der Waals surface area contributed by atoms with Crippen LogP contribution in [0.4, 0.5) is 5.69 Å². The summed E-state index contributed by atoms with van der Waals surface area (Å²) in [7, 11) is 0. The predicted octanol–water partition coefficient (Wildman–Crippen LogP) is 1.70. The largest absolute Gasteiger partial charge is 0.399 e. The van der Waals surface area contributed by atoms with Crippen molar-refractivity contribution in [3.8, 4) is 0 Å². The molecule has 2 rings (SSSR count). The first-order chi connectivity index (χ1) is 9.13. The molecule has 1 aromatic carbocycles. The fraction of sp³-hybridized carbons (Fsp3) is 0.400. The van der Waals surface area contributed by atoms with Crippen molar-refractivity contribution < 1.29 is 9.90 Å². The molecule has 4 heteroatoms. The van der Waals surface area contributed by atoms with Gasteiger partial charge in [-0.05, 0) is 36.6 Å². The summed E-state index contributed by atoms with van der Waals surface area (Å²) in [4.78, 5) is 11.9. The summed E-state index contributed by atoms with van der Waals surface area (Å²) in [6.45, 7) is 0.00483. The van der Waals surface area contributed by atoms with Crippen LogP contribution in [0.5, 0.6) is 0 Å². The van der Waals surface area contributed by atoms with E-state index < -0.39 is 5.54 Å². The van der Waals surface area contributed by atoms with Gasteiger partial charge in [-0.25, -0.2) is 0 Å². The van der Waals surface area contributed by atoms with E-state index in [1.807, 2.05) is 12.1 Å². The zero-order valence-electron chi connectivity index (χ0n) is 10.9. The number of hydrogen-bond acceptors (Lipinski definition) is 3. The maximum atomic E-state index is 11.9. The summed E-state index contributed by atoms with van der Waals surface area (Å²) in [5.74, 6) is -0.168. The summed E-state index contributed by atoms with van der Waals surface area (Å²) in [5.41, 5.74) is 6.81. The number of amides is 1. The number of nitrogen functional groups attached to an aromatic ring is 1. The fourth-order valence-corrected chi connectivity index (χ4v) is 2.51. The zero-order valence-corrected chi connectivity index (χ0v) is 10.9. The second-order valence-electron chi connectivity index (χ2n) is 5.14. The molecule has 0 radical (unpaired) electrons. The van der Waals surface area contributed by atoms with Crippen molar-refractivity contribution in [2.45, 2.75) is 31.2 Å². The van der Waals surface area contributed by atoms with Gasteiger partial charge in [0.15, 0.2) is 0 Å². The topological polar surface area (TPSA) is 75.4 Å². The Balaban J connectivity index is 1.97. The Morgan fingerprint density at radius 2 is 2.16 bits per heavy atom. The van der Waals surface area contributed by atoms with Crippen molar-refractivity contribution in [3.63, 3.8) is 0 Å². The first-order valence-corrected chi connectivity index (χ1v) is 6.60. The van der Waals surface area contributed by atoms with Gasteiger partial charge in [0.05, 0.1) is 12.1 Å². The highest BCUT2D eigenvalue weighted by Crippen LogP contribution is 2.29. The molecule has 0 aromatic heterocycles. The quantitative estimate of drug-likeness (QED) is 0.570. The number of aliphatic hydroxyl groups excluding tert-OH is 1. The first-order valence-electron chi connectivity index (χ1n) is 6.60. The van der Waals surface area contributed by atoms with E-state index in [1.54, 1.807) is 18.2 Å². The first kappa shape index (κ1) is 13.6. The van der Waals surface area contributed by atoms with Gasteiger partial charge in [0.1, 0.15) is 0 Å². The minimum absolute atomic E-state index is 0.00483. The summed E-state index contributed by atoms with van der Waals surface area (Å²) >= 11 is 0. The third-order valence-corrected chi connectivity index (χ3v) is 3.59. The molecule has 1 aliphatic rings. The van der Waals surface area contributed by atoms with Crippen molar-refractivity contribution in [3.05, 3.63) is 35.9 Å². The van der Waals surface area contributed by atoms with E-state index >= 15 is 0 Å². The Bertz CT molecular complexity index is 477. The average molecular weight is 260 g/mol. The van der Waals surface area contributed by atoms with Crippen LogP contribution in [0.1, 0.15) is 31.2 Å². The highest BCUT2D eigenvalue weighted by atomic mass is 16.3. The summed E-state index contributed by atoms with van der Waals surface area (Å²) < 4.78 is 0. The Hall–Kier alpha value is -1.81. The van der Waals surface area contributed by atoms with Crippen LogP contribution in [0.15, 0.2) is 30.3 Å². The molecule has 4 nitrogen and oxygen atoms in total. The Labute approximate surface area is 113 Å². The smallest absolute Gasteiger partial charge is 0.244 e. The van der Waals surface area contributed by atoms with Gasteiger partial charge in [-0.1, -0.05) is 25.0 Å². The van der Waals surface area contributed by atoms with Crippen LogP contribution in [0.25, 0.3) is 6.08 Å². The maximum absolute atomic E-state index is 11.9. The molecule has 0 spiro atoms. The van der Waals surface area contributed by atoms with Crippen LogP contribution in [0.2, 0.25) is 0 Å². The summed E-state index contributed by atoms with van der Waals surface area (Å²) in [6, 6.07) is 7.34. The number of carbonyl (C=O) groups excluding carboxylic acids is 1. The lowest BCUT2D eigenvalue weighted by Crippen LogP contribution is -2.48. The van der Waals surface area contributed by atoms with E-state index in [0.29, 0.717) is 5.69 Å². The van der Waals surface area contributed by atoms with Gasteiger partial charge >= 0.3 is 0 Å². The van der Waals surface area contributed by atoms with E-state index in [1.165, 1.54) is 6.08 Å². The van der Waals surface area contributed by atoms with Gasteiger partial charge in [0.2, 0.25) is 5.91 Å². The van der Waals surface area contributed by atoms with Gasteiger partial charge < -0.3 is 16.2 Å². The molecule has 0 atom stereocenters. The van der Waals surface area contributed by atoms with Crippen LogP contribution in [0, 0.1) is 0 Å². The lowest BCUT2D eigenvalue weighted by molar-refractivity contribution is -0.118. The number of aliphatic hydroxyl groups is 1. The molecule has 19 heavy (non-hydrogen) atoms. The Kier molecular flexibility index (Phi) is 4.22. The maximum Gasteiger partial charge on any atom is 0.244 e. The third-order valence-electron chi connectivity index (χ3n) is 3.59. The molecule has 1 amide bonds. The molecule has 4 N–H and O–H groups in total. The standard InChI is InChI=1S/C15H20N2O2/c16-13-5-3-4-12(10-13)6-7-14(19)17-15(11-18)8-1-2-9-15/h3-7,10,18H,1-2,8-9,11,16H2,(H,17,19)/b7-6+. The van der Waals surface area contributed by atoms with Crippen LogP contribution >= 0.6 is 0 Å². The van der Waals surface area contributed by atoms with E-state index in [-0.39, 0.29) is 12.5 Å². The molecule has 0 bridgehead atoms. The van der Waals surface area contributed by atoms with Gasteiger partial charge in [-0.2, -0.15) is 0 Å². The van der Waals surface area contributed by atoms with Crippen molar-refractivity contribution in [2.75, 3.05) is 12.3 Å². The number of benzene rings is 1. The number of carbonyl (C=O) groups is 1. The van der Waals surface area contributed by atoms with Crippen LogP contribution in [-0.4, -0.2) is 23.2 Å². The van der Waals surface area contributed by atoms with E-state index in [9.17, 15) is 9.90 Å². The number of rotatable bonds is 4. The molecular formula is C15H20N2O2. The minimum atomic E-state index is -0.420. The van der Waals surface area contributed by atoms with Gasteiger partial charge in [0.25, 0.3) is 0 Å². The van der Waals surface area contributed by atoms with E-state index in [0.717, 1.165) is 31.2 Å². The van der Waals surface area contributed by atoms with Crippen LogP contribution in [0.3, 0.4) is 0 Å². The highest BCUT2D eigenvalue weighted by molar-refractivity contribution is 5.92. The summed E-state index contributed by atoms with van der Waals surface area (Å²) in [6.07, 6.45) is 7.03. The third kappa shape index (κ3) is 3.58. The number of nitrogens with one attached hydrogen (secondary N) is 1. The number of nitrogens with two attached hydrogens (primary N) is 1. The minimum Gasteiger partial charge on any atom is -0.399 e. The van der Waals surface area contributed by atoms with Gasteiger partial charge in [-0.3, -0.25) is 4.79 Å². The highest BCUT2D eigenvalue weighted by Gasteiger charge is 2.33. The molecule has 1 fully saturated rings. The molecule has 102 valence electrons. The molecule has 0 unspecified atom stereocenters. The lowest BCUT2D eigenvalue weighted by Gasteiger charge is -2.27. The fourth-order valence-electron chi connectivity index (χ4n) is 2.51. The van der Waals surface area contributed by atoms with E-state index in [2.05, 4.69) is 5.32 Å². The Morgan fingerprint density at radius 3 is 2.79 bits per heavy atom. The van der Waals surface area contributed by atoms with Gasteiger partial charge in [0, 0.05) is 11.8 Å². The van der Waals surface area contributed by atoms with E-state index in [4.69, 9.17) is 5.73 Å². The molecule has 0 heterocycles. The molecule has 1 saturated carbocycles. The number of anilines is 1. The molecular weight excluding hydrogens is 240 g/mol. The average Bonchev–Trinajstić information content (AvgIpc) is 2.86. The van der Waals surface area contributed by atoms with Crippen molar-refractivity contribution in [1.29, 1.82) is 0 Å². The van der Waals surface area contributed by atoms with Crippen molar-refractivity contribution in [2.24, 2.45) is 0 Å². The second-order valence-corrected chi connectivity index (χ2v) is 5.14. The van der Waals surface area contributed by atoms with Gasteiger partial charge in [-0.15, -0.1) is 0 Å². The van der Waals surface area contributed by atoms with Crippen LogP contribution < -0.4 is 11.1 Å². The second kappa shape index (κ2) is 5.89. The molecule has 1 aliphatic carbocycles. The zero-order chi connectivity index (χ0) is 13.7. The SMILES string of the molecule is Nc1cccc(/C=C/C(=O)NC2(CO)CCCC2)c1. The van der Waals surface area contributed by atoms with Crippen molar-refractivity contribution >= 4 is 17.7 Å². The van der Waals surface area contributed by atoms with Crippen LogP contribution in [-0.2, 0) is 4.79 Å². The predicted molar refractivity (Wildman–Crippen MR) is 76.3 cm³/mol. The monoisotopic (exact) mass is 260 g/mol. The summed E-state index contributed by atoms with van der Waals surface area (Å²) in [5, 5.41) is 12.4. The number of hydrogen-bond donors (Lipinski definition) is 3. The molecule has 0 saturated heterocycles. The van der Waals surface area contributed by atoms with Crippen molar-refractivity contribution in [1.82, 2.24) is 5.32 Å². The Morgan fingerprint density at radius 1 is 1.42 bits per heavy atom.